The van der Waals surface area contributed by atoms with Crippen LogP contribution in [0.4, 0.5) is 0 Å². The number of hydrogen-bond donors (Lipinski definition) is 0. The maximum absolute atomic E-state index is 5.80. The van der Waals surface area contributed by atoms with E-state index in [0.717, 1.165) is 15.7 Å². The van der Waals surface area contributed by atoms with Crippen molar-refractivity contribution in [1.29, 1.82) is 0 Å². The molecule has 1 heterocycles. The summed E-state index contributed by atoms with van der Waals surface area (Å²) in [6.45, 7) is 2.32. The number of rotatable bonds is 2. The molecule has 1 aliphatic carbocycles. The molecule has 0 atom stereocenters. The van der Waals surface area contributed by atoms with E-state index in [0.29, 0.717) is 6.10 Å². The molecule has 0 radical (unpaired) electrons. The molecule has 0 unspecified atom stereocenters. The van der Waals surface area contributed by atoms with Gasteiger partial charge in [0, 0.05) is 5.38 Å². The molecule has 2 nitrogen and oxygen atoms in total. The van der Waals surface area contributed by atoms with Gasteiger partial charge in [-0.15, -0.1) is 0 Å². The van der Waals surface area contributed by atoms with Gasteiger partial charge in [0.1, 0.15) is 10.7 Å². The van der Waals surface area contributed by atoms with Crippen molar-refractivity contribution in [2.75, 3.05) is 0 Å². The van der Waals surface area contributed by atoms with Crippen LogP contribution in [-0.2, 0) is 0 Å². The monoisotopic (exact) mass is 275 g/mol. The van der Waals surface area contributed by atoms with Crippen LogP contribution in [0.15, 0.2) is 9.98 Å². The lowest BCUT2D eigenvalue weighted by molar-refractivity contribution is 0.135. The van der Waals surface area contributed by atoms with E-state index in [9.17, 15) is 0 Å². The highest BCUT2D eigenvalue weighted by molar-refractivity contribution is 9.10. The first-order valence-electron chi connectivity index (χ1n) is 5.01. The topological polar surface area (TPSA) is 22.1 Å². The second-order valence-corrected chi connectivity index (χ2v) is 5.57. The van der Waals surface area contributed by atoms with E-state index in [1.165, 1.54) is 25.7 Å². The number of nitrogens with zero attached hydrogens (tertiary/aromatic N) is 1. The number of hydrogen-bond acceptors (Lipinski definition) is 3. The van der Waals surface area contributed by atoms with Crippen molar-refractivity contribution in [3.8, 4) is 5.19 Å². The third-order valence-electron chi connectivity index (χ3n) is 2.69. The summed E-state index contributed by atoms with van der Waals surface area (Å²) in [6, 6.07) is 0. The van der Waals surface area contributed by atoms with E-state index in [-0.39, 0.29) is 0 Å². The van der Waals surface area contributed by atoms with Crippen LogP contribution in [0.25, 0.3) is 0 Å². The second-order valence-electron chi connectivity index (χ2n) is 3.94. The van der Waals surface area contributed by atoms with E-state index in [1.54, 1.807) is 11.3 Å². The lowest BCUT2D eigenvalue weighted by Crippen LogP contribution is -2.22. The molecule has 1 aromatic heterocycles. The zero-order valence-electron chi connectivity index (χ0n) is 8.20. The Morgan fingerprint density at radius 3 is 2.71 bits per heavy atom. The normalized spacial score (nSPS) is 27.6. The van der Waals surface area contributed by atoms with Crippen LogP contribution < -0.4 is 4.74 Å². The molecule has 78 valence electrons. The van der Waals surface area contributed by atoms with Crippen LogP contribution >= 0.6 is 27.3 Å². The Kier molecular flexibility index (Phi) is 3.44. The van der Waals surface area contributed by atoms with Crippen molar-refractivity contribution in [3.63, 3.8) is 0 Å². The summed E-state index contributed by atoms with van der Waals surface area (Å²) >= 11 is 4.89. The third kappa shape index (κ3) is 2.70. The summed E-state index contributed by atoms with van der Waals surface area (Å²) in [5.74, 6) is 0.873. The molecule has 0 aliphatic heterocycles. The van der Waals surface area contributed by atoms with E-state index in [2.05, 4.69) is 27.8 Å². The van der Waals surface area contributed by atoms with Gasteiger partial charge in [0.05, 0.1) is 0 Å². The maximum Gasteiger partial charge on any atom is 0.274 e. The number of aromatic nitrogens is 1. The zero-order chi connectivity index (χ0) is 9.97. The van der Waals surface area contributed by atoms with Crippen molar-refractivity contribution in [2.45, 2.75) is 38.7 Å². The van der Waals surface area contributed by atoms with Crippen LogP contribution in [0, 0.1) is 5.92 Å². The second kappa shape index (κ2) is 4.62. The van der Waals surface area contributed by atoms with Crippen molar-refractivity contribution < 1.29 is 4.74 Å². The fourth-order valence-corrected chi connectivity index (χ4v) is 2.94. The Morgan fingerprint density at radius 1 is 1.43 bits per heavy atom. The van der Waals surface area contributed by atoms with E-state index < -0.39 is 0 Å². The average Bonchev–Trinajstić information content (AvgIpc) is 2.56. The summed E-state index contributed by atoms with van der Waals surface area (Å²) in [7, 11) is 0. The van der Waals surface area contributed by atoms with Crippen LogP contribution in [0.3, 0.4) is 0 Å². The van der Waals surface area contributed by atoms with E-state index >= 15 is 0 Å². The van der Waals surface area contributed by atoms with Crippen LogP contribution in [0.2, 0.25) is 0 Å². The highest BCUT2D eigenvalue weighted by Crippen LogP contribution is 2.29. The Bertz CT molecular complexity index is 294. The molecular formula is C10H14BrNOS. The minimum absolute atomic E-state index is 0.393. The van der Waals surface area contributed by atoms with Crippen LogP contribution in [0.1, 0.15) is 32.6 Å². The molecule has 1 aliphatic rings. The fourth-order valence-electron chi connectivity index (χ4n) is 1.78. The van der Waals surface area contributed by atoms with Crippen LogP contribution in [-0.4, -0.2) is 11.1 Å². The standard InChI is InChI=1S/C10H14BrNOS/c1-7-2-4-8(5-3-7)13-10-12-9(11)6-14-10/h6-8H,2-5H2,1H3. The highest BCUT2D eigenvalue weighted by Gasteiger charge is 2.20. The van der Waals surface area contributed by atoms with Gasteiger partial charge in [0.15, 0.2) is 0 Å². The predicted molar refractivity (Wildman–Crippen MR) is 61.9 cm³/mol. The lowest BCUT2D eigenvalue weighted by atomic mass is 9.89. The summed E-state index contributed by atoms with van der Waals surface area (Å²) in [5.41, 5.74) is 0. The maximum atomic E-state index is 5.80. The van der Waals surface area contributed by atoms with Gasteiger partial charge in [-0.2, -0.15) is 4.98 Å². The zero-order valence-corrected chi connectivity index (χ0v) is 10.6. The minimum atomic E-state index is 0.393. The Morgan fingerprint density at radius 2 is 2.14 bits per heavy atom. The fraction of sp³-hybridized carbons (Fsp3) is 0.700. The molecule has 0 aromatic carbocycles. The van der Waals surface area contributed by atoms with Crippen molar-refractivity contribution in [2.24, 2.45) is 5.92 Å². The lowest BCUT2D eigenvalue weighted by Gasteiger charge is -2.25. The van der Waals surface area contributed by atoms with Gasteiger partial charge in [-0.25, -0.2) is 0 Å². The Labute approximate surface area is 96.8 Å². The minimum Gasteiger partial charge on any atom is -0.467 e. The predicted octanol–water partition coefficient (Wildman–Crippen LogP) is 3.86. The largest absolute Gasteiger partial charge is 0.467 e. The molecule has 0 bridgehead atoms. The average molecular weight is 276 g/mol. The molecule has 0 saturated heterocycles. The van der Waals surface area contributed by atoms with Gasteiger partial charge in [-0.3, -0.25) is 0 Å². The third-order valence-corrected chi connectivity index (χ3v) is 4.12. The van der Waals surface area contributed by atoms with Crippen molar-refractivity contribution in [1.82, 2.24) is 4.98 Å². The summed E-state index contributed by atoms with van der Waals surface area (Å²) in [6.07, 6.45) is 5.33. The van der Waals surface area contributed by atoms with Gasteiger partial charge in [0.2, 0.25) is 0 Å². The molecule has 0 spiro atoms. The van der Waals surface area contributed by atoms with Crippen molar-refractivity contribution >= 4 is 27.3 Å². The molecular weight excluding hydrogens is 262 g/mol. The van der Waals surface area contributed by atoms with Crippen molar-refractivity contribution in [3.05, 3.63) is 9.98 Å². The number of ether oxygens (including phenoxy) is 1. The summed E-state index contributed by atoms with van der Waals surface area (Å²) in [4.78, 5) is 4.24. The SMILES string of the molecule is CC1CCC(Oc2nc(Br)cs2)CC1. The molecule has 1 aromatic rings. The first kappa shape index (κ1) is 10.4. The van der Waals surface area contributed by atoms with Gasteiger partial charge in [-0.05, 0) is 47.5 Å². The molecule has 1 saturated carbocycles. The molecule has 2 rings (SSSR count). The highest BCUT2D eigenvalue weighted by atomic mass is 79.9. The van der Waals surface area contributed by atoms with Crippen LogP contribution in [0.5, 0.6) is 5.19 Å². The first-order chi connectivity index (χ1) is 6.74. The molecule has 4 heteroatoms. The first-order valence-corrected chi connectivity index (χ1v) is 6.69. The summed E-state index contributed by atoms with van der Waals surface area (Å²) < 4.78 is 6.68. The summed E-state index contributed by atoms with van der Waals surface area (Å²) in [5, 5.41) is 2.76. The molecule has 0 amide bonds. The molecule has 1 fully saturated rings. The number of halogens is 1. The van der Waals surface area contributed by atoms with Gasteiger partial charge in [-0.1, -0.05) is 18.3 Å². The quantitative estimate of drug-likeness (QED) is 0.818. The van der Waals surface area contributed by atoms with Gasteiger partial charge < -0.3 is 4.74 Å². The Hall–Kier alpha value is -0.0900. The smallest absolute Gasteiger partial charge is 0.274 e. The number of thiazole rings is 1. The molecule has 0 N–H and O–H groups in total. The van der Waals surface area contributed by atoms with E-state index in [1.807, 2.05) is 5.38 Å². The van der Waals surface area contributed by atoms with Gasteiger partial charge in [0.25, 0.3) is 5.19 Å². The van der Waals surface area contributed by atoms with E-state index in [4.69, 9.17) is 4.74 Å². The molecule has 14 heavy (non-hydrogen) atoms. The Balaban J connectivity index is 1.86. The van der Waals surface area contributed by atoms with Gasteiger partial charge >= 0.3 is 0 Å².